The minimum atomic E-state index is -0.262. The molecule has 4 nitrogen and oxygen atoms in total. The Kier molecular flexibility index (Phi) is 5.75. The zero-order valence-corrected chi connectivity index (χ0v) is 11.5. The molecule has 102 valence electrons. The summed E-state index contributed by atoms with van der Waals surface area (Å²) in [7, 11) is 0. The van der Waals surface area contributed by atoms with Gasteiger partial charge in [0, 0.05) is 26.6 Å². The van der Waals surface area contributed by atoms with Crippen LogP contribution in [0.3, 0.4) is 0 Å². The number of nitrogens with one attached hydrogen (secondary N) is 1. The molecule has 0 radical (unpaired) electrons. The van der Waals surface area contributed by atoms with Gasteiger partial charge >= 0.3 is 6.09 Å². The predicted molar refractivity (Wildman–Crippen MR) is 71.2 cm³/mol. The van der Waals surface area contributed by atoms with Crippen molar-refractivity contribution in [2.24, 2.45) is 0 Å². The van der Waals surface area contributed by atoms with Gasteiger partial charge in [-0.1, -0.05) is 6.92 Å². The van der Waals surface area contributed by atoms with Crippen molar-refractivity contribution in [1.82, 2.24) is 10.2 Å². The van der Waals surface area contributed by atoms with Gasteiger partial charge < -0.3 is 15.0 Å². The van der Waals surface area contributed by atoms with Crippen LogP contribution in [-0.2, 0) is 4.74 Å². The fraction of sp³-hybridized carbons (Fsp3) is 0.923. The van der Waals surface area contributed by atoms with Crippen LogP contribution >= 0.6 is 0 Å². The largest absolute Gasteiger partial charge is 0.446 e. The monoisotopic (exact) mass is 244 g/mol. The van der Waals surface area contributed by atoms with Crippen molar-refractivity contribution in [2.45, 2.75) is 65.1 Å². The summed E-state index contributed by atoms with van der Waals surface area (Å²) in [6.07, 6.45) is 2.66. The van der Waals surface area contributed by atoms with Gasteiger partial charge in [-0.2, -0.15) is 0 Å². The van der Waals surface area contributed by atoms with Gasteiger partial charge in [-0.3, -0.25) is 0 Å². The maximum Gasteiger partial charge on any atom is 0.407 e. The molecular formula is C13H28N2O2. The number of carbonyl (C=O) groups excluding carboxylic acids is 1. The van der Waals surface area contributed by atoms with Crippen LogP contribution in [0.1, 0.15) is 48.4 Å². The van der Waals surface area contributed by atoms with Crippen molar-refractivity contribution in [3.05, 3.63) is 0 Å². The van der Waals surface area contributed by atoms with E-state index in [1.807, 2.05) is 13.8 Å². The molecule has 0 aromatic heterocycles. The molecule has 0 spiro atoms. The Bertz CT molecular complexity index is 241. The first-order valence-corrected chi connectivity index (χ1v) is 6.74. The summed E-state index contributed by atoms with van der Waals surface area (Å²) >= 11 is 0. The van der Waals surface area contributed by atoms with Gasteiger partial charge in [0.05, 0.1) is 0 Å². The average molecular weight is 244 g/mol. The number of nitrogens with zero attached hydrogens (tertiary/aromatic N) is 1. The molecule has 0 bridgehead atoms. The van der Waals surface area contributed by atoms with Crippen LogP contribution < -0.4 is 5.32 Å². The van der Waals surface area contributed by atoms with E-state index in [1.165, 1.54) is 0 Å². The maximum absolute atomic E-state index is 11.5. The molecule has 1 unspecified atom stereocenters. The normalized spacial score (nSPS) is 20.3. The lowest BCUT2D eigenvalue weighted by molar-refractivity contribution is 0.0412. The molecule has 0 aromatic rings. The summed E-state index contributed by atoms with van der Waals surface area (Å²) in [4.78, 5) is 14.0. The summed E-state index contributed by atoms with van der Waals surface area (Å²) in [5, 5.41) is 2.84. The molecule has 0 aliphatic carbocycles. The third kappa shape index (κ3) is 4.94. The number of carbonyl (C=O) groups is 1. The van der Waals surface area contributed by atoms with E-state index in [9.17, 15) is 4.79 Å². The van der Waals surface area contributed by atoms with E-state index >= 15 is 0 Å². The molecule has 1 saturated heterocycles. The first-order valence-electron chi connectivity index (χ1n) is 6.74. The highest BCUT2D eigenvalue weighted by molar-refractivity contribution is 5.67. The lowest BCUT2D eigenvalue weighted by atomic mass is 10.1. The third-order valence-electron chi connectivity index (χ3n) is 3.46. The average Bonchev–Trinajstić information content (AvgIpc) is 2.29. The highest BCUT2D eigenvalue weighted by Gasteiger charge is 2.23. The van der Waals surface area contributed by atoms with Crippen LogP contribution in [-0.4, -0.2) is 42.3 Å². The standard InChI is InChI=1S/C13H26N2O2.H2/c1-5-11(4)14-13(16)17-12-6-8-15(9-7-12)10(2)3;/h10-12H,5-9H2,1-4H3,(H,14,16);1H. The molecular weight excluding hydrogens is 216 g/mol. The number of alkyl carbamates (subject to hydrolysis) is 1. The molecule has 4 heteroatoms. The van der Waals surface area contributed by atoms with Gasteiger partial charge in [0.2, 0.25) is 0 Å². The Morgan fingerprint density at radius 3 is 2.47 bits per heavy atom. The lowest BCUT2D eigenvalue weighted by Gasteiger charge is -2.34. The zero-order valence-electron chi connectivity index (χ0n) is 11.5. The van der Waals surface area contributed by atoms with Crippen molar-refractivity contribution in [3.8, 4) is 0 Å². The summed E-state index contributed by atoms with van der Waals surface area (Å²) in [5.74, 6) is 0. The van der Waals surface area contributed by atoms with Crippen LogP contribution in [0.25, 0.3) is 0 Å². The molecule has 1 aliphatic rings. The molecule has 1 amide bonds. The van der Waals surface area contributed by atoms with E-state index < -0.39 is 0 Å². The van der Waals surface area contributed by atoms with Crippen LogP contribution in [0.4, 0.5) is 4.79 Å². The molecule has 1 fully saturated rings. The van der Waals surface area contributed by atoms with Crippen molar-refractivity contribution in [1.29, 1.82) is 0 Å². The number of amides is 1. The Balaban J connectivity index is 0.00000289. The fourth-order valence-electron chi connectivity index (χ4n) is 2.00. The number of ether oxygens (including phenoxy) is 1. The molecule has 1 heterocycles. The summed E-state index contributed by atoms with van der Waals surface area (Å²) in [5.41, 5.74) is 0. The second kappa shape index (κ2) is 6.84. The van der Waals surface area contributed by atoms with E-state index in [0.29, 0.717) is 6.04 Å². The number of piperidine rings is 1. The summed E-state index contributed by atoms with van der Waals surface area (Å²) in [6.45, 7) is 10.5. The van der Waals surface area contributed by atoms with Crippen molar-refractivity contribution in [2.75, 3.05) is 13.1 Å². The molecule has 1 atom stereocenters. The fourth-order valence-corrected chi connectivity index (χ4v) is 2.00. The van der Waals surface area contributed by atoms with Crippen molar-refractivity contribution < 1.29 is 11.0 Å². The summed E-state index contributed by atoms with van der Waals surface area (Å²) < 4.78 is 5.42. The first-order chi connectivity index (χ1) is 8.02. The van der Waals surface area contributed by atoms with E-state index in [0.717, 1.165) is 32.4 Å². The molecule has 17 heavy (non-hydrogen) atoms. The molecule has 0 aromatic carbocycles. The molecule has 0 saturated carbocycles. The van der Waals surface area contributed by atoms with Crippen LogP contribution in [0.15, 0.2) is 0 Å². The van der Waals surface area contributed by atoms with Gasteiger partial charge in [-0.25, -0.2) is 4.79 Å². The Morgan fingerprint density at radius 2 is 2.00 bits per heavy atom. The Labute approximate surface area is 106 Å². The van der Waals surface area contributed by atoms with E-state index in [2.05, 4.69) is 24.1 Å². The minimum Gasteiger partial charge on any atom is -0.446 e. The van der Waals surface area contributed by atoms with Crippen LogP contribution in [0, 0.1) is 0 Å². The van der Waals surface area contributed by atoms with Gasteiger partial charge in [-0.15, -0.1) is 0 Å². The zero-order chi connectivity index (χ0) is 12.8. The lowest BCUT2D eigenvalue weighted by Crippen LogP contribution is -2.43. The molecule has 1 aliphatic heterocycles. The quantitative estimate of drug-likeness (QED) is 0.826. The number of likely N-dealkylation sites (tertiary alicyclic amines) is 1. The number of rotatable bonds is 4. The second-order valence-corrected chi connectivity index (χ2v) is 5.19. The topological polar surface area (TPSA) is 41.6 Å². The van der Waals surface area contributed by atoms with Crippen LogP contribution in [0.2, 0.25) is 0 Å². The third-order valence-corrected chi connectivity index (χ3v) is 3.46. The van der Waals surface area contributed by atoms with E-state index in [4.69, 9.17) is 4.74 Å². The maximum atomic E-state index is 11.5. The van der Waals surface area contributed by atoms with Crippen molar-refractivity contribution in [3.63, 3.8) is 0 Å². The van der Waals surface area contributed by atoms with Gasteiger partial charge in [-0.05, 0) is 40.0 Å². The van der Waals surface area contributed by atoms with E-state index in [-0.39, 0.29) is 19.7 Å². The number of hydrogen-bond donors (Lipinski definition) is 1. The number of hydrogen-bond acceptors (Lipinski definition) is 3. The highest BCUT2D eigenvalue weighted by Crippen LogP contribution is 2.15. The minimum absolute atomic E-state index is 0. The second-order valence-electron chi connectivity index (χ2n) is 5.19. The van der Waals surface area contributed by atoms with Crippen molar-refractivity contribution >= 4 is 6.09 Å². The summed E-state index contributed by atoms with van der Waals surface area (Å²) in [6, 6.07) is 0.781. The van der Waals surface area contributed by atoms with Gasteiger partial charge in [0.15, 0.2) is 0 Å². The Morgan fingerprint density at radius 1 is 1.41 bits per heavy atom. The van der Waals surface area contributed by atoms with E-state index in [1.54, 1.807) is 0 Å². The highest BCUT2D eigenvalue weighted by atomic mass is 16.6. The molecule has 1 N–H and O–H groups in total. The SMILES string of the molecule is CCC(C)NC(=O)OC1CCN(C(C)C)CC1.[HH]. The first kappa shape index (κ1) is 14.3. The molecule has 1 rings (SSSR count). The van der Waals surface area contributed by atoms with Crippen LogP contribution in [0.5, 0.6) is 0 Å². The van der Waals surface area contributed by atoms with Gasteiger partial charge in [0.1, 0.15) is 6.10 Å². The van der Waals surface area contributed by atoms with Gasteiger partial charge in [0.25, 0.3) is 0 Å². The Hall–Kier alpha value is -0.770. The smallest absolute Gasteiger partial charge is 0.407 e. The predicted octanol–water partition coefficient (Wildman–Crippen LogP) is 2.63.